The highest BCUT2D eigenvalue weighted by molar-refractivity contribution is 5.96. The monoisotopic (exact) mass is 432 g/mol. The van der Waals surface area contributed by atoms with Crippen molar-refractivity contribution in [1.82, 2.24) is 9.78 Å². The molecule has 162 valence electrons. The van der Waals surface area contributed by atoms with Gasteiger partial charge in [-0.15, -0.1) is 0 Å². The van der Waals surface area contributed by atoms with Crippen LogP contribution in [0.3, 0.4) is 0 Å². The third kappa shape index (κ3) is 5.26. The van der Waals surface area contributed by atoms with Crippen LogP contribution in [0.25, 0.3) is 11.8 Å². The van der Waals surface area contributed by atoms with E-state index in [1.54, 1.807) is 48.0 Å². The topological polar surface area (TPSA) is 97.0 Å². The second-order valence-corrected chi connectivity index (χ2v) is 7.07. The lowest BCUT2D eigenvalue weighted by Crippen LogP contribution is -2.29. The molecule has 0 aliphatic rings. The van der Waals surface area contributed by atoms with Crippen molar-refractivity contribution in [3.63, 3.8) is 0 Å². The Morgan fingerprint density at radius 2 is 1.94 bits per heavy atom. The van der Waals surface area contributed by atoms with Crippen LogP contribution < -0.4 is 5.32 Å². The maximum Gasteiger partial charge on any atom is 0.331 e. The zero-order valence-electron chi connectivity index (χ0n) is 17.8. The number of halogens is 1. The second-order valence-electron chi connectivity index (χ2n) is 7.07. The van der Waals surface area contributed by atoms with Crippen LogP contribution in [0.1, 0.15) is 29.4 Å². The molecule has 0 radical (unpaired) electrons. The van der Waals surface area contributed by atoms with Crippen molar-refractivity contribution in [1.29, 1.82) is 5.26 Å². The molecule has 0 aliphatic heterocycles. The van der Waals surface area contributed by atoms with Crippen molar-refractivity contribution in [2.75, 3.05) is 5.32 Å². The van der Waals surface area contributed by atoms with Crippen LogP contribution in [0, 0.1) is 31.0 Å². The van der Waals surface area contributed by atoms with Crippen LogP contribution in [0.15, 0.2) is 54.6 Å². The van der Waals surface area contributed by atoms with Crippen molar-refractivity contribution in [2.45, 2.75) is 26.9 Å². The predicted molar refractivity (Wildman–Crippen MR) is 117 cm³/mol. The third-order valence-electron chi connectivity index (χ3n) is 4.73. The summed E-state index contributed by atoms with van der Waals surface area (Å²) in [6.45, 7) is 5.08. The van der Waals surface area contributed by atoms with Gasteiger partial charge in [0.2, 0.25) is 0 Å². The standard InChI is InChI=1S/C24H21FN4O3/c1-15-22(16(2)29(28-15)21-9-7-19(25)8-10-21)11-12-23(30)32-17(3)24(31)27-20-6-4-5-18(13-20)14-26/h4-13,17H,1-3H3,(H,27,31)/b12-11+/t17-/m0/s1. The predicted octanol–water partition coefficient (Wildman–Crippen LogP) is 4.08. The SMILES string of the molecule is Cc1nn(-c2ccc(F)cc2)c(C)c1/C=C/C(=O)O[C@@H](C)C(=O)Nc1cccc(C#N)c1. The van der Waals surface area contributed by atoms with Gasteiger partial charge in [-0.2, -0.15) is 10.4 Å². The maximum atomic E-state index is 13.2. The minimum Gasteiger partial charge on any atom is -0.449 e. The lowest BCUT2D eigenvalue weighted by atomic mass is 10.2. The molecule has 3 aromatic rings. The molecule has 1 aromatic heterocycles. The Morgan fingerprint density at radius 3 is 2.62 bits per heavy atom. The van der Waals surface area contributed by atoms with Crippen LogP contribution in [0.5, 0.6) is 0 Å². The number of ether oxygens (including phenoxy) is 1. The summed E-state index contributed by atoms with van der Waals surface area (Å²) in [6.07, 6.45) is 1.76. The van der Waals surface area contributed by atoms with Gasteiger partial charge < -0.3 is 10.1 Å². The number of aryl methyl sites for hydroxylation is 1. The minimum atomic E-state index is -1.04. The molecule has 2 aromatic carbocycles. The average molecular weight is 432 g/mol. The molecule has 1 atom stereocenters. The first-order chi connectivity index (χ1) is 15.3. The fraction of sp³-hybridized carbons (Fsp3) is 0.167. The molecule has 0 aliphatic carbocycles. The summed E-state index contributed by atoms with van der Waals surface area (Å²) in [5.74, 6) is -1.54. The van der Waals surface area contributed by atoms with Crippen molar-refractivity contribution >= 4 is 23.6 Å². The van der Waals surface area contributed by atoms with Gasteiger partial charge in [0.1, 0.15) is 5.82 Å². The average Bonchev–Trinajstić information content (AvgIpc) is 3.06. The smallest absolute Gasteiger partial charge is 0.331 e. The summed E-state index contributed by atoms with van der Waals surface area (Å²) in [5.41, 5.74) is 3.70. The second kappa shape index (κ2) is 9.71. The van der Waals surface area contributed by atoms with Gasteiger partial charge in [0, 0.05) is 23.0 Å². The molecule has 0 saturated heterocycles. The Hall–Kier alpha value is -4.25. The third-order valence-corrected chi connectivity index (χ3v) is 4.73. The number of nitrogens with one attached hydrogen (secondary N) is 1. The molecular weight excluding hydrogens is 411 g/mol. The normalized spacial score (nSPS) is 11.7. The van der Waals surface area contributed by atoms with Crippen LogP contribution in [-0.4, -0.2) is 27.8 Å². The highest BCUT2D eigenvalue weighted by Gasteiger charge is 2.17. The summed E-state index contributed by atoms with van der Waals surface area (Å²) >= 11 is 0. The molecule has 0 saturated carbocycles. The van der Waals surface area contributed by atoms with E-state index in [0.29, 0.717) is 22.6 Å². The molecule has 3 rings (SSSR count). The van der Waals surface area contributed by atoms with Gasteiger partial charge in [-0.25, -0.2) is 13.9 Å². The van der Waals surface area contributed by atoms with Gasteiger partial charge >= 0.3 is 5.97 Å². The van der Waals surface area contributed by atoms with E-state index in [-0.39, 0.29) is 5.82 Å². The van der Waals surface area contributed by atoms with E-state index in [1.165, 1.54) is 31.2 Å². The van der Waals surface area contributed by atoms with Crippen molar-refractivity contribution < 1.29 is 18.7 Å². The number of amides is 1. The van der Waals surface area contributed by atoms with Crippen molar-refractivity contribution in [2.24, 2.45) is 0 Å². The Bertz CT molecular complexity index is 1220. The maximum absolute atomic E-state index is 13.2. The fourth-order valence-electron chi connectivity index (χ4n) is 3.06. The zero-order chi connectivity index (χ0) is 23.3. The van der Waals surface area contributed by atoms with Crippen LogP contribution in [0.2, 0.25) is 0 Å². The van der Waals surface area contributed by atoms with Gasteiger partial charge in [-0.05, 0) is 69.3 Å². The lowest BCUT2D eigenvalue weighted by molar-refractivity contribution is -0.148. The number of benzene rings is 2. The first kappa shape index (κ1) is 22.4. The van der Waals surface area contributed by atoms with E-state index in [4.69, 9.17) is 10.00 Å². The summed E-state index contributed by atoms with van der Waals surface area (Å²) in [6, 6.07) is 14.3. The number of carbonyl (C=O) groups is 2. The summed E-state index contributed by atoms with van der Waals surface area (Å²) < 4.78 is 20.0. The van der Waals surface area contributed by atoms with Crippen molar-refractivity contribution in [3.8, 4) is 11.8 Å². The molecule has 32 heavy (non-hydrogen) atoms. The van der Waals surface area contributed by atoms with Gasteiger partial charge in [-0.1, -0.05) is 6.07 Å². The number of anilines is 1. The number of carbonyl (C=O) groups excluding carboxylic acids is 2. The molecule has 7 nitrogen and oxygen atoms in total. The number of nitrogens with zero attached hydrogens (tertiary/aromatic N) is 3. The van der Waals surface area contributed by atoms with Gasteiger partial charge in [0.15, 0.2) is 6.10 Å². The van der Waals surface area contributed by atoms with Crippen LogP contribution in [0.4, 0.5) is 10.1 Å². The molecular formula is C24H21FN4O3. The van der Waals surface area contributed by atoms with E-state index in [2.05, 4.69) is 10.4 Å². The van der Waals surface area contributed by atoms with E-state index in [1.807, 2.05) is 13.0 Å². The number of esters is 1. The highest BCUT2D eigenvalue weighted by Crippen LogP contribution is 2.20. The van der Waals surface area contributed by atoms with E-state index < -0.39 is 18.0 Å². The fourth-order valence-corrected chi connectivity index (χ4v) is 3.06. The molecule has 0 spiro atoms. The van der Waals surface area contributed by atoms with E-state index >= 15 is 0 Å². The molecule has 1 heterocycles. The quantitative estimate of drug-likeness (QED) is 0.468. The Balaban J connectivity index is 1.65. The summed E-state index contributed by atoms with van der Waals surface area (Å²) in [4.78, 5) is 24.5. The van der Waals surface area contributed by atoms with Crippen LogP contribution in [-0.2, 0) is 14.3 Å². The van der Waals surface area contributed by atoms with Gasteiger partial charge in [0.25, 0.3) is 5.91 Å². The Morgan fingerprint density at radius 1 is 1.22 bits per heavy atom. The molecule has 0 fully saturated rings. The number of aromatic nitrogens is 2. The Labute approximate surface area is 184 Å². The largest absolute Gasteiger partial charge is 0.449 e. The number of hydrogen-bond donors (Lipinski definition) is 1. The molecule has 1 amide bonds. The first-order valence-corrected chi connectivity index (χ1v) is 9.80. The molecule has 8 heteroatoms. The molecule has 0 unspecified atom stereocenters. The highest BCUT2D eigenvalue weighted by atomic mass is 19.1. The van der Waals surface area contributed by atoms with Gasteiger partial charge in [-0.3, -0.25) is 4.79 Å². The first-order valence-electron chi connectivity index (χ1n) is 9.80. The molecule has 0 bridgehead atoms. The molecule has 1 N–H and O–H groups in total. The Kier molecular flexibility index (Phi) is 6.80. The summed E-state index contributed by atoms with van der Waals surface area (Å²) in [7, 11) is 0. The number of nitriles is 1. The lowest BCUT2D eigenvalue weighted by Gasteiger charge is -2.12. The van der Waals surface area contributed by atoms with Crippen molar-refractivity contribution in [3.05, 3.63) is 82.9 Å². The summed E-state index contributed by atoms with van der Waals surface area (Å²) in [5, 5.41) is 16.0. The number of rotatable bonds is 6. The van der Waals surface area contributed by atoms with Gasteiger partial charge in [0.05, 0.1) is 23.0 Å². The number of hydrogen-bond acceptors (Lipinski definition) is 5. The minimum absolute atomic E-state index is 0.339. The zero-order valence-corrected chi connectivity index (χ0v) is 17.8. The van der Waals surface area contributed by atoms with E-state index in [9.17, 15) is 14.0 Å². The van der Waals surface area contributed by atoms with E-state index in [0.717, 1.165) is 11.3 Å². The van der Waals surface area contributed by atoms with Crippen LogP contribution >= 0.6 is 0 Å².